The van der Waals surface area contributed by atoms with Gasteiger partial charge in [-0.15, -0.1) is 0 Å². The molecule has 0 radical (unpaired) electrons. The number of fused-ring (bicyclic) bond motifs is 1. The number of pyridine rings is 1. The number of nitrogens with one attached hydrogen (secondary N) is 1. The fourth-order valence-electron chi connectivity index (χ4n) is 4.93. The van der Waals surface area contributed by atoms with Crippen LogP contribution in [0.5, 0.6) is 5.75 Å². The predicted molar refractivity (Wildman–Crippen MR) is 123 cm³/mol. The van der Waals surface area contributed by atoms with Gasteiger partial charge in [0.15, 0.2) is 0 Å². The first-order valence-electron chi connectivity index (χ1n) is 10.9. The van der Waals surface area contributed by atoms with Gasteiger partial charge in [-0.3, -0.25) is 4.79 Å². The Hall–Kier alpha value is -2.37. The highest BCUT2D eigenvalue weighted by molar-refractivity contribution is 6.32. The third-order valence-electron chi connectivity index (χ3n) is 6.67. The van der Waals surface area contributed by atoms with E-state index in [1.807, 2.05) is 24.3 Å². The third kappa shape index (κ3) is 4.35. The van der Waals surface area contributed by atoms with Crippen molar-refractivity contribution in [1.82, 2.24) is 4.98 Å². The van der Waals surface area contributed by atoms with Crippen LogP contribution in [0.1, 0.15) is 51.0 Å². The summed E-state index contributed by atoms with van der Waals surface area (Å²) in [5, 5.41) is 1.77. The maximum absolute atomic E-state index is 13.5. The molecule has 31 heavy (non-hydrogen) atoms. The first-order chi connectivity index (χ1) is 14.9. The summed E-state index contributed by atoms with van der Waals surface area (Å²) in [5.41, 5.74) is 7.44. The van der Waals surface area contributed by atoms with E-state index in [1.54, 1.807) is 12.3 Å². The summed E-state index contributed by atoms with van der Waals surface area (Å²) in [6.45, 7) is 2.14. The van der Waals surface area contributed by atoms with Crippen molar-refractivity contribution in [1.29, 1.82) is 0 Å². The highest BCUT2D eigenvalue weighted by atomic mass is 35.5. The van der Waals surface area contributed by atoms with Crippen LogP contribution in [0.3, 0.4) is 0 Å². The van der Waals surface area contributed by atoms with Gasteiger partial charge in [0.2, 0.25) is 0 Å². The largest absolute Gasteiger partial charge is 0.489 e. The van der Waals surface area contributed by atoms with E-state index in [2.05, 4.69) is 11.9 Å². The summed E-state index contributed by atoms with van der Waals surface area (Å²) in [7, 11) is 0. The number of H-pyrrole nitrogens is 1. The Balaban J connectivity index is 1.55. The van der Waals surface area contributed by atoms with Crippen molar-refractivity contribution < 1.29 is 9.13 Å². The SMILES string of the molecule is CCC[C@H](N)[C@]1(c2ccc(F)cc2)CC[C@H](Oc2cc3cc[nH]c(=O)c3cc2Cl)CC1. The Morgan fingerprint density at radius 3 is 2.61 bits per heavy atom. The number of nitrogens with two attached hydrogens (primary N) is 1. The van der Waals surface area contributed by atoms with Gasteiger partial charge < -0.3 is 15.5 Å². The monoisotopic (exact) mass is 442 g/mol. The van der Waals surface area contributed by atoms with Crippen LogP contribution in [-0.2, 0) is 5.41 Å². The number of hydrogen-bond donors (Lipinski definition) is 2. The van der Waals surface area contributed by atoms with Crippen LogP contribution in [0.15, 0.2) is 53.5 Å². The minimum absolute atomic E-state index is 0.0133. The molecule has 0 amide bonds. The first kappa shape index (κ1) is 21.8. The van der Waals surface area contributed by atoms with Gasteiger partial charge in [-0.25, -0.2) is 4.39 Å². The molecule has 3 N–H and O–H groups in total. The van der Waals surface area contributed by atoms with Gasteiger partial charge in [-0.2, -0.15) is 0 Å². The Kier molecular flexibility index (Phi) is 6.35. The van der Waals surface area contributed by atoms with E-state index in [9.17, 15) is 9.18 Å². The molecule has 4 rings (SSSR count). The average molecular weight is 443 g/mol. The molecule has 0 aliphatic heterocycles. The van der Waals surface area contributed by atoms with Crippen LogP contribution in [-0.4, -0.2) is 17.1 Å². The normalized spacial score (nSPS) is 22.4. The van der Waals surface area contributed by atoms with Crippen molar-refractivity contribution in [2.45, 2.75) is 63.0 Å². The van der Waals surface area contributed by atoms with Crippen molar-refractivity contribution in [2.24, 2.45) is 5.73 Å². The summed E-state index contributed by atoms with van der Waals surface area (Å²) >= 11 is 6.42. The van der Waals surface area contributed by atoms with E-state index in [4.69, 9.17) is 22.1 Å². The molecule has 1 fully saturated rings. The Morgan fingerprint density at radius 1 is 1.23 bits per heavy atom. The van der Waals surface area contributed by atoms with Crippen molar-refractivity contribution >= 4 is 22.4 Å². The lowest BCUT2D eigenvalue weighted by atomic mass is 9.63. The molecule has 6 heteroatoms. The molecule has 0 bridgehead atoms. The topological polar surface area (TPSA) is 68.1 Å². The maximum atomic E-state index is 13.5. The molecular weight excluding hydrogens is 415 g/mol. The van der Waals surface area contributed by atoms with Crippen LogP contribution in [0.4, 0.5) is 4.39 Å². The number of rotatable bonds is 6. The Labute approximate surface area is 186 Å². The number of aromatic amines is 1. The quantitative estimate of drug-likeness (QED) is 0.514. The molecule has 1 saturated carbocycles. The molecule has 2 aromatic carbocycles. The summed E-state index contributed by atoms with van der Waals surface area (Å²) in [5.74, 6) is 0.363. The van der Waals surface area contributed by atoms with Crippen LogP contribution < -0.4 is 16.0 Å². The molecule has 3 aromatic rings. The lowest BCUT2D eigenvalue weighted by molar-refractivity contribution is 0.103. The second kappa shape index (κ2) is 9.01. The highest BCUT2D eigenvalue weighted by Crippen LogP contribution is 2.44. The van der Waals surface area contributed by atoms with Crippen molar-refractivity contribution in [3.05, 3.63) is 75.4 Å². The van der Waals surface area contributed by atoms with Gasteiger partial charge in [-0.1, -0.05) is 37.1 Å². The molecule has 164 valence electrons. The number of ether oxygens (including phenoxy) is 1. The molecule has 4 nitrogen and oxygen atoms in total. The zero-order valence-electron chi connectivity index (χ0n) is 17.7. The van der Waals surface area contributed by atoms with E-state index in [0.29, 0.717) is 16.2 Å². The minimum Gasteiger partial charge on any atom is -0.489 e. The van der Waals surface area contributed by atoms with Crippen LogP contribution >= 0.6 is 11.6 Å². The fourth-order valence-corrected chi connectivity index (χ4v) is 5.13. The summed E-state index contributed by atoms with van der Waals surface area (Å²) in [4.78, 5) is 14.6. The van der Waals surface area contributed by atoms with Gasteiger partial charge in [0.1, 0.15) is 11.6 Å². The smallest absolute Gasteiger partial charge is 0.255 e. The van der Waals surface area contributed by atoms with Crippen LogP contribution in [0, 0.1) is 5.82 Å². The molecule has 1 aliphatic carbocycles. The number of halogens is 2. The Morgan fingerprint density at radius 2 is 1.94 bits per heavy atom. The van der Waals surface area contributed by atoms with Gasteiger partial charge >= 0.3 is 0 Å². The van der Waals surface area contributed by atoms with Crippen molar-refractivity contribution in [3.63, 3.8) is 0 Å². The third-order valence-corrected chi connectivity index (χ3v) is 6.97. The second-order valence-electron chi connectivity index (χ2n) is 8.55. The maximum Gasteiger partial charge on any atom is 0.255 e. The standard InChI is InChI=1S/C25H28ClFN2O2/c1-2-3-23(28)25(17-4-6-18(27)7-5-17)11-8-19(9-12-25)31-22-14-16-10-13-29-24(30)20(16)15-21(22)26/h4-7,10,13-15,19,23H,2-3,8-9,11-12,28H2,1H3,(H,29,30)/t19-,23-,25+/m0/s1. The average Bonchev–Trinajstić information content (AvgIpc) is 2.76. The van der Waals surface area contributed by atoms with E-state index >= 15 is 0 Å². The van der Waals surface area contributed by atoms with Gasteiger partial charge in [0.25, 0.3) is 5.56 Å². The molecule has 1 aromatic heterocycles. The summed E-state index contributed by atoms with van der Waals surface area (Å²) < 4.78 is 19.8. The zero-order valence-corrected chi connectivity index (χ0v) is 18.4. The lowest BCUT2D eigenvalue weighted by Crippen LogP contribution is -2.49. The van der Waals surface area contributed by atoms with Gasteiger partial charge in [-0.05, 0) is 73.4 Å². The highest BCUT2D eigenvalue weighted by Gasteiger charge is 2.42. The predicted octanol–water partition coefficient (Wildman–Crippen LogP) is 5.71. The molecule has 0 saturated heterocycles. The van der Waals surface area contributed by atoms with E-state index in [0.717, 1.165) is 49.5 Å². The molecule has 0 unspecified atom stereocenters. The van der Waals surface area contributed by atoms with E-state index < -0.39 is 0 Å². The second-order valence-corrected chi connectivity index (χ2v) is 8.96. The van der Waals surface area contributed by atoms with Crippen LogP contribution in [0.2, 0.25) is 5.02 Å². The molecular formula is C25H28ClFN2O2. The number of aromatic nitrogens is 1. The molecule has 1 atom stereocenters. The number of benzene rings is 2. The Bertz CT molecular complexity index is 1100. The van der Waals surface area contributed by atoms with E-state index in [-0.39, 0.29) is 28.9 Å². The zero-order chi connectivity index (χ0) is 22.0. The summed E-state index contributed by atoms with van der Waals surface area (Å²) in [6.07, 6.45) is 6.97. The van der Waals surface area contributed by atoms with Crippen molar-refractivity contribution in [3.8, 4) is 5.75 Å². The summed E-state index contributed by atoms with van der Waals surface area (Å²) in [6, 6.07) is 12.1. The van der Waals surface area contributed by atoms with E-state index in [1.165, 1.54) is 12.1 Å². The molecule has 1 heterocycles. The van der Waals surface area contributed by atoms with Crippen molar-refractivity contribution in [2.75, 3.05) is 0 Å². The van der Waals surface area contributed by atoms with Gasteiger partial charge in [0, 0.05) is 23.0 Å². The van der Waals surface area contributed by atoms with Crippen LogP contribution in [0.25, 0.3) is 10.8 Å². The minimum atomic E-state index is -0.232. The number of hydrogen-bond acceptors (Lipinski definition) is 3. The molecule has 0 spiro atoms. The lowest BCUT2D eigenvalue weighted by Gasteiger charge is -2.45. The first-order valence-corrected chi connectivity index (χ1v) is 11.3. The molecule has 1 aliphatic rings. The fraction of sp³-hybridized carbons (Fsp3) is 0.400. The van der Waals surface area contributed by atoms with Gasteiger partial charge in [0.05, 0.1) is 11.1 Å².